The standard InChI is InChI=1S/C7H14O4.Na/c1-2-5(8)3-6(9)4-7(10)11;/h5-6,8-9H,2-4H2,1H3,(H,10,11);/q;+1/p-1. The predicted octanol–water partition coefficient (Wildman–Crippen LogP) is -4.35. The Morgan fingerprint density at radius 2 is 1.92 bits per heavy atom. The van der Waals surface area contributed by atoms with Gasteiger partial charge in [0.1, 0.15) is 0 Å². The number of carboxylic acid groups (broad SMARTS) is 1. The molecule has 0 amide bonds. The van der Waals surface area contributed by atoms with Gasteiger partial charge in [-0.2, -0.15) is 0 Å². The number of aliphatic carboxylic acids is 1. The third-order valence-electron chi connectivity index (χ3n) is 1.42. The van der Waals surface area contributed by atoms with Gasteiger partial charge in [0, 0.05) is 12.4 Å². The molecule has 5 heteroatoms. The van der Waals surface area contributed by atoms with Crippen LogP contribution in [0.2, 0.25) is 0 Å². The molecule has 2 N–H and O–H groups in total. The molecule has 0 heterocycles. The average molecular weight is 184 g/mol. The van der Waals surface area contributed by atoms with Gasteiger partial charge >= 0.3 is 29.6 Å². The van der Waals surface area contributed by atoms with Crippen LogP contribution in [0.3, 0.4) is 0 Å². The van der Waals surface area contributed by atoms with E-state index in [1.165, 1.54) is 0 Å². The van der Waals surface area contributed by atoms with Gasteiger partial charge in [-0.3, -0.25) is 0 Å². The molecule has 0 spiro atoms. The Bertz CT molecular complexity index is 129. The van der Waals surface area contributed by atoms with Crippen molar-refractivity contribution in [1.29, 1.82) is 0 Å². The zero-order chi connectivity index (χ0) is 8.85. The quantitative estimate of drug-likeness (QED) is 0.423. The summed E-state index contributed by atoms with van der Waals surface area (Å²) in [6.45, 7) is 1.76. The van der Waals surface area contributed by atoms with E-state index in [0.717, 1.165) is 0 Å². The molecule has 0 aromatic rings. The van der Waals surface area contributed by atoms with Crippen molar-refractivity contribution in [2.45, 2.75) is 38.4 Å². The van der Waals surface area contributed by atoms with Gasteiger partial charge in [0.15, 0.2) is 0 Å². The number of rotatable bonds is 5. The number of hydrogen-bond acceptors (Lipinski definition) is 4. The summed E-state index contributed by atoms with van der Waals surface area (Å²) < 4.78 is 0. The molecule has 0 aliphatic rings. The molecule has 66 valence electrons. The molecule has 0 radical (unpaired) electrons. The molecule has 4 nitrogen and oxygen atoms in total. The first-order valence-electron chi connectivity index (χ1n) is 3.62. The Morgan fingerprint density at radius 1 is 1.42 bits per heavy atom. The van der Waals surface area contributed by atoms with E-state index in [9.17, 15) is 9.90 Å². The maximum atomic E-state index is 9.93. The molecule has 0 aliphatic carbocycles. The first-order chi connectivity index (χ1) is 5.06. The summed E-state index contributed by atoms with van der Waals surface area (Å²) in [5.74, 6) is -1.29. The number of carbonyl (C=O) groups is 1. The van der Waals surface area contributed by atoms with Crippen molar-refractivity contribution in [2.75, 3.05) is 0 Å². The first kappa shape index (κ1) is 14.9. The minimum Gasteiger partial charge on any atom is -0.550 e. The van der Waals surface area contributed by atoms with Crippen molar-refractivity contribution < 1.29 is 49.7 Å². The van der Waals surface area contributed by atoms with Gasteiger partial charge in [0.05, 0.1) is 12.2 Å². The summed E-state index contributed by atoms with van der Waals surface area (Å²) in [5, 5.41) is 27.8. The summed E-state index contributed by atoms with van der Waals surface area (Å²) in [6.07, 6.45) is -1.40. The van der Waals surface area contributed by atoms with E-state index in [-0.39, 0.29) is 36.0 Å². The SMILES string of the molecule is CCC(O)CC(O)CC(=O)[O-].[Na+]. The Labute approximate surface area is 93.9 Å². The van der Waals surface area contributed by atoms with Crippen LogP contribution in [0.4, 0.5) is 0 Å². The zero-order valence-corrected chi connectivity index (χ0v) is 9.49. The van der Waals surface area contributed by atoms with Crippen LogP contribution in [-0.4, -0.2) is 28.4 Å². The second kappa shape index (κ2) is 8.01. The van der Waals surface area contributed by atoms with E-state index < -0.39 is 24.6 Å². The Morgan fingerprint density at radius 3 is 2.25 bits per heavy atom. The van der Waals surface area contributed by atoms with Crippen molar-refractivity contribution in [3.63, 3.8) is 0 Å². The van der Waals surface area contributed by atoms with Gasteiger partial charge in [0.2, 0.25) is 0 Å². The Kier molecular flexibility index (Phi) is 9.94. The van der Waals surface area contributed by atoms with Gasteiger partial charge in [-0.1, -0.05) is 6.92 Å². The fourth-order valence-electron chi connectivity index (χ4n) is 0.756. The maximum absolute atomic E-state index is 9.93. The largest absolute Gasteiger partial charge is 1.00 e. The van der Waals surface area contributed by atoms with Crippen LogP contribution in [0.15, 0.2) is 0 Å². The van der Waals surface area contributed by atoms with Gasteiger partial charge in [0.25, 0.3) is 0 Å². The van der Waals surface area contributed by atoms with Gasteiger partial charge in [-0.25, -0.2) is 0 Å². The van der Waals surface area contributed by atoms with E-state index in [4.69, 9.17) is 10.2 Å². The molecule has 2 atom stereocenters. The molecule has 2 unspecified atom stereocenters. The topological polar surface area (TPSA) is 80.6 Å². The average Bonchev–Trinajstić information content (AvgIpc) is 1.85. The predicted molar refractivity (Wildman–Crippen MR) is 36.5 cm³/mol. The number of aliphatic hydroxyl groups excluding tert-OH is 2. The summed E-state index contributed by atoms with van der Waals surface area (Å²) in [7, 11) is 0. The van der Waals surface area contributed by atoms with Crippen LogP contribution in [0.25, 0.3) is 0 Å². The van der Waals surface area contributed by atoms with Crippen LogP contribution in [0.5, 0.6) is 0 Å². The zero-order valence-electron chi connectivity index (χ0n) is 7.49. The van der Waals surface area contributed by atoms with Crippen molar-refractivity contribution in [2.24, 2.45) is 0 Å². The molecule has 0 aromatic carbocycles. The van der Waals surface area contributed by atoms with E-state index in [1.807, 2.05) is 0 Å². The van der Waals surface area contributed by atoms with Crippen molar-refractivity contribution in [3.05, 3.63) is 0 Å². The van der Waals surface area contributed by atoms with E-state index in [0.29, 0.717) is 6.42 Å². The second-order valence-electron chi connectivity index (χ2n) is 2.53. The molecule has 0 saturated heterocycles. The van der Waals surface area contributed by atoms with E-state index in [1.54, 1.807) is 6.92 Å². The number of aliphatic hydroxyl groups is 2. The minimum absolute atomic E-state index is 0. The third-order valence-corrected chi connectivity index (χ3v) is 1.42. The van der Waals surface area contributed by atoms with Gasteiger partial charge in [-0.15, -0.1) is 0 Å². The maximum Gasteiger partial charge on any atom is 1.00 e. The first-order valence-corrected chi connectivity index (χ1v) is 3.62. The van der Waals surface area contributed by atoms with Crippen LogP contribution in [-0.2, 0) is 4.79 Å². The number of carbonyl (C=O) groups excluding carboxylic acids is 1. The number of hydrogen-bond donors (Lipinski definition) is 2. The third kappa shape index (κ3) is 8.49. The minimum atomic E-state index is -1.29. The number of carboxylic acids is 1. The molecule has 0 rings (SSSR count). The summed E-state index contributed by atoms with van der Waals surface area (Å²) in [5.41, 5.74) is 0. The van der Waals surface area contributed by atoms with Gasteiger partial charge in [-0.05, 0) is 12.8 Å². The van der Waals surface area contributed by atoms with Crippen LogP contribution >= 0.6 is 0 Å². The smallest absolute Gasteiger partial charge is 0.550 e. The fraction of sp³-hybridized carbons (Fsp3) is 0.857. The molecule has 0 aromatic heterocycles. The molecular formula is C7H13NaO4. The molecular weight excluding hydrogens is 171 g/mol. The van der Waals surface area contributed by atoms with Crippen LogP contribution < -0.4 is 34.7 Å². The molecule has 0 saturated carbocycles. The van der Waals surface area contributed by atoms with Crippen LogP contribution in [0.1, 0.15) is 26.2 Å². The Balaban J connectivity index is 0. The summed E-state index contributed by atoms with van der Waals surface area (Å²) in [4.78, 5) is 9.93. The Hall–Kier alpha value is 0.390. The van der Waals surface area contributed by atoms with Gasteiger partial charge < -0.3 is 20.1 Å². The molecule has 12 heavy (non-hydrogen) atoms. The summed E-state index contributed by atoms with van der Waals surface area (Å²) >= 11 is 0. The molecule has 0 aliphatic heterocycles. The van der Waals surface area contributed by atoms with Crippen molar-refractivity contribution in [3.8, 4) is 0 Å². The van der Waals surface area contributed by atoms with Crippen molar-refractivity contribution >= 4 is 5.97 Å². The summed E-state index contributed by atoms with van der Waals surface area (Å²) in [6, 6.07) is 0. The van der Waals surface area contributed by atoms with Crippen LogP contribution in [0, 0.1) is 0 Å². The second-order valence-corrected chi connectivity index (χ2v) is 2.53. The van der Waals surface area contributed by atoms with Crippen molar-refractivity contribution in [1.82, 2.24) is 0 Å². The van der Waals surface area contributed by atoms with E-state index >= 15 is 0 Å². The fourth-order valence-corrected chi connectivity index (χ4v) is 0.756. The monoisotopic (exact) mass is 184 g/mol. The normalized spacial score (nSPS) is 14.6. The molecule has 0 fully saturated rings. The molecule has 0 bridgehead atoms. The van der Waals surface area contributed by atoms with E-state index in [2.05, 4.69) is 0 Å².